The summed E-state index contributed by atoms with van der Waals surface area (Å²) in [5.74, 6) is 1.72. The van der Waals surface area contributed by atoms with Crippen molar-refractivity contribution in [2.24, 2.45) is 0 Å². The molecule has 3 aromatic rings. The van der Waals surface area contributed by atoms with E-state index in [2.05, 4.69) is 29.5 Å². The third-order valence-corrected chi connectivity index (χ3v) is 4.49. The smallest absolute Gasteiger partial charge is 0.257 e. The molecule has 0 aliphatic heterocycles. The van der Waals surface area contributed by atoms with Gasteiger partial charge in [-0.25, -0.2) is 4.98 Å². The van der Waals surface area contributed by atoms with Crippen molar-refractivity contribution < 1.29 is 9.53 Å². The van der Waals surface area contributed by atoms with Crippen molar-refractivity contribution in [3.8, 4) is 5.75 Å². The van der Waals surface area contributed by atoms with E-state index in [4.69, 9.17) is 4.74 Å². The number of hydrogen-bond donors (Lipinski definition) is 2. The van der Waals surface area contributed by atoms with Crippen LogP contribution in [0.3, 0.4) is 0 Å². The molecule has 0 saturated heterocycles. The van der Waals surface area contributed by atoms with E-state index in [1.54, 1.807) is 19.4 Å². The van der Waals surface area contributed by atoms with Gasteiger partial charge >= 0.3 is 0 Å². The molecule has 0 spiro atoms. The number of nitrogens with one attached hydrogen (secondary N) is 2. The van der Waals surface area contributed by atoms with E-state index < -0.39 is 0 Å². The topological polar surface area (TPSA) is 63.2 Å². The fourth-order valence-electron chi connectivity index (χ4n) is 2.88. The van der Waals surface area contributed by atoms with Crippen molar-refractivity contribution in [1.29, 1.82) is 0 Å². The van der Waals surface area contributed by atoms with Crippen LogP contribution >= 0.6 is 0 Å². The molecule has 0 radical (unpaired) electrons. The standard InChI is InChI=1S/C23H25N3O2/c1-16(2)20-6-4-5-7-21(20)26-23(27)18-10-13-22(25-15-18)24-14-17-8-11-19(28-3)12-9-17/h4-13,15-16H,14H2,1-3H3,(H,24,25)(H,26,27). The number of amides is 1. The van der Waals surface area contributed by atoms with Gasteiger partial charge in [-0.1, -0.05) is 44.2 Å². The van der Waals surface area contributed by atoms with Crippen LogP contribution in [0.15, 0.2) is 66.9 Å². The number of methoxy groups -OCH3 is 1. The van der Waals surface area contributed by atoms with E-state index in [-0.39, 0.29) is 5.91 Å². The minimum Gasteiger partial charge on any atom is -0.497 e. The number of benzene rings is 2. The maximum absolute atomic E-state index is 12.6. The number of pyridine rings is 1. The third-order valence-electron chi connectivity index (χ3n) is 4.49. The molecule has 2 N–H and O–H groups in total. The summed E-state index contributed by atoms with van der Waals surface area (Å²) in [6.07, 6.45) is 1.59. The van der Waals surface area contributed by atoms with Gasteiger partial charge in [0.1, 0.15) is 11.6 Å². The van der Waals surface area contributed by atoms with Crippen LogP contribution in [0.5, 0.6) is 5.75 Å². The lowest BCUT2D eigenvalue weighted by Crippen LogP contribution is -2.14. The number of ether oxygens (including phenoxy) is 1. The van der Waals surface area contributed by atoms with Gasteiger partial charge in [0.15, 0.2) is 0 Å². The van der Waals surface area contributed by atoms with Gasteiger partial charge in [-0.2, -0.15) is 0 Å². The SMILES string of the molecule is COc1ccc(CNc2ccc(C(=O)Nc3ccccc3C(C)C)cn2)cc1. The predicted molar refractivity (Wildman–Crippen MR) is 113 cm³/mol. The van der Waals surface area contributed by atoms with Crippen LogP contribution in [0, 0.1) is 0 Å². The quantitative estimate of drug-likeness (QED) is 0.605. The summed E-state index contributed by atoms with van der Waals surface area (Å²) >= 11 is 0. The Morgan fingerprint density at radius 2 is 1.79 bits per heavy atom. The molecule has 3 rings (SSSR count). The molecule has 5 nitrogen and oxygen atoms in total. The monoisotopic (exact) mass is 375 g/mol. The summed E-state index contributed by atoms with van der Waals surface area (Å²) in [7, 11) is 1.65. The molecule has 0 aliphatic rings. The van der Waals surface area contributed by atoms with Gasteiger partial charge < -0.3 is 15.4 Å². The van der Waals surface area contributed by atoms with E-state index in [9.17, 15) is 4.79 Å². The van der Waals surface area contributed by atoms with Gasteiger partial charge in [-0.05, 0) is 47.4 Å². The fourth-order valence-corrected chi connectivity index (χ4v) is 2.88. The summed E-state index contributed by atoms with van der Waals surface area (Å²) in [4.78, 5) is 16.9. The van der Waals surface area contributed by atoms with Gasteiger partial charge in [0.2, 0.25) is 0 Å². The van der Waals surface area contributed by atoms with Crippen LogP contribution in [-0.4, -0.2) is 18.0 Å². The van der Waals surface area contributed by atoms with Crippen molar-refractivity contribution in [1.82, 2.24) is 4.98 Å². The van der Waals surface area contributed by atoms with Crippen LogP contribution in [0.2, 0.25) is 0 Å². The molecule has 0 fully saturated rings. The van der Waals surface area contributed by atoms with Crippen molar-refractivity contribution in [2.75, 3.05) is 17.7 Å². The molecule has 1 amide bonds. The average Bonchev–Trinajstić information content (AvgIpc) is 2.73. The Morgan fingerprint density at radius 1 is 1.04 bits per heavy atom. The first-order chi connectivity index (χ1) is 13.6. The Labute approximate surface area is 165 Å². The van der Waals surface area contributed by atoms with E-state index in [0.29, 0.717) is 18.0 Å². The molecule has 28 heavy (non-hydrogen) atoms. The Kier molecular flexibility index (Phi) is 6.27. The Hall–Kier alpha value is -3.34. The van der Waals surface area contributed by atoms with Gasteiger partial charge in [-0.15, -0.1) is 0 Å². The van der Waals surface area contributed by atoms with Gasteiger partial charge in [0.25, 0.3) is 5.91 Å². The van der Waals surface area contributed by atoms with E-state index in [0.717, 1.165) is 28.4 Å². The summed E-state index contributed by atoms with van der Waals surface area (Å²) in [6.45, 7) is 4.86. The lowest BCUT2D eigenvalue weighted by molar-refractivity contribution is 0.102. The minimum atomic E-state index is -0.165. The zero-order chi connectivity index (χ0) is 19.9. The van der Waals surface area contributed by atoms with E-state index >= 15 is 0 Å². The number of para-hydroxylation sites is 1. The normalized spacial score (nSPS) is 10.6. The molecule has 1 aromatic heterocycles. The summed E-state index contributed by atoms with van der Waals surface area (Å²) < 4.78 is 5.16. The average molecular weight is 375 g/mol. The molecule has 5 heteroatoms. The van der Waals surface area contributed by atoms with Crippen LogP contribution in [0.1, 0.15) is 41.3 Å². The number of hydrogen-bond acceptors (Lipinski definition) is 4. The third kappa shape index (κ3) is 4.88. The van der Waals surface area contributed by atoms with Crippen molar-refractivity contribution in [3.05, 3.63) is 83.6 Å². The van der Waals surface area contributed by atoms with Gasteiger partial charge in [0, 0.05) is 18.4 Å². The molecular formula is C23H25N3O2. The number of anilines is 2. The minimum absolute atomic E-state index is 0.165. The highest BCUT2D eigenvalue weighted by atomic mass is 16.5. The number of carbonyl (C=O) groups is 1. The first kappa shape index (κ1) is 19.4. The number of aromatic nitrogens is 1. The van der Waals surface area contributed by atoms with Crippen molar-refractivity contribution in [2.45, 2.75) is 26.3 Å². The Balaban J connectivity index is 1.61. The molecule has 0 saturated carbocycles. The molecule has 0 bridgehead atoms. The van der Waals surface area contributed by atoms with Gasteiger partial charge in [0.05, 0.1) is 12.7 Å². The molecule has 1 heterocycles. The molecular weight excluding hydrogens is 350 g/mol. The number of rotatable bonds is 7. The Morgan fingerprint density at radius 3 is 2.43 bits per heavy atom. The molecule has 0 aliphatic carbocycles. The largest absolute Gasteiger partial charge is 0.497 e. The fraction of sp³-hybridized carbons (Fsp3) is 0.217. The zero-order valence-electron chi connectivity index (χ0n) is 16.4. The predicted octanol–water partition coefficient (Wildman–Crippen LogP) is 5.08. The second-order valence-electron chi connectivity index (χ2n) is 6.83. The van der Waals surface area contributed by atoms with Gasteiger partial charge in [-0.3, -0.25) is 4.79 Å². The lowest BCUT2D eigenvalue weighted by Gasteiger charge is -2.13. The molecule has 144 valence electrons. The zero-order valence-corrected chi connectivity index (χ0v) is 16.4. The van der Waals surface area contributed by atoms with E-state index in [1.807, 2.05) is 54.6 Å². The molecule has 0 unspecified atom stereocenters. The number of carbonyl (C=O) groups excluding carboxylic acids is 1. The highest BCUT2D eigenvalue weighted by molar-refractivity contribution is 6.04. The number of nitrogens with zero attached hydrogens (tertiary/aromatic N) is 1. The first-order valence-corrected chi connectivity index (χ1v) is 9.30. The van der Waals surface area contributed by atoms with Crippen LogP contribution in [0.4, 0.5) is 11.5 Å². The van der Waals surface area contributed by atoms with Crippen LogP contribution < -0.4 is 15.4 Å². The van der Waals surface area contributed by atoms with E-state index in [1.165, 1.54) is 0 Å². The first-order valence-electron chi connectivity index (χ1n) is 9.30. The molecule has 2 aromatic carbocycles. The maximum Gasteiger partial charge on any atom is 0.257 e. The highest BCUT2D eigenvalue weighted by Gasteiger charge is 2.11. The highest BCUT2D eigenvalue weighted by Crippen LogP contribution is 2.24. The van der Waals surface area contributed by atoms with Crippen LogP contribution in [0.25, 0.3) is 0 Å². The second-order valence-corrected chi connectivity index (χ2v) is 6.83. The maximum atomic E-state index is 12.6. The Bertz CT molecular complexity index is 919. The lowest BCUT2D eigenvalue weighted by atomic mass is 10.0. The van der Waals surface area contributed by atoms with Crippen LogP contribution in [-0.2, 0) is 6.54 Å². The van der Waals surface area contributed by atoms with Crippen molar-refractivity contribution in [3.63, 3.8) is 0 Å². The summed E-state index contributed by atoms with van der Waals surface area (Å²) in [5, 5.41) is 6.24. The van der Waals surface area contributed by atoms with Crippen molar-refractivity contribution >= 4 is 17.4 Å². The second kappa shape index (κ2) is 9.04. The summed E-state index contributed by atoms with van der Waals surface area (Å²) in [6, 6.07) is 19.3. The summed E-state index contributed by atoms with van der Waals surface area (Å²) in [5.41, 5.74) is 3.59. The molecule has 0 atom stereocenters.